The summed E-state index contributed by atoms with van der Waals surface area (Å²) in [6.45, 7) is 3.87. The molecule has 0 unspecified atom stereocenters. The lowest BCUT2D eigenvalue weighted by Gasteiger charge is -2.15. The first-order valence-electron chi connectivity index (χ1n) is 8.63. The van der Waals surface area contributed by atoms with Gasteiger partial charge >= 0.3 is 0 Å². The van der Waals surface area contributed by atoms with E-state index in [1.54, 1.807) is 12.1 Å². The molecule has 2 amide bonds. The number of benzene rings is 2. The number of aryl methyl sites for hydroxylation is 2. The quantitative estimate of drug-likeness (QED) is 0.420. The van der Waals surface area contributed by atoms with Crippen molar-refractivity contribution in [2.24, 2.45) is 0 Å². The summed E-state index contributed by atoms with van der Waals surface area (Å²) < 4.78 is 6.84. The van der Waals surface area contributed by atoms with Crippen LogP contribution in [0.15, 0.2) is 68.4 Å². The molecular formula is C22H16BrNO3S. The molecule has 4 nitrogen and oxygen atoms in total. The Morgan fingerprint density at radius 3 is 2.46 bits per heavy atom. The zero-order valence-corrected chi connectivity index (χ0v) is 17.6. The number of nitrogens with zero attached hydrogens (tertiary/aromatic N) is 1. The fraction of sp³-hybridized carbons (Fsp3) is 0.0909. The average molecular weight is 454 g/mol. The van der Waals surface area contributed by atoms with E-state index in [0.29, 0.717) is 22.1 Å². The molecule has 2 aromatic carbocycles. The molecular weight excluding hydrogens is 438 g/mol. The van der Waals surface area contributed by atoms with Crippen molar-refractivity contribution in [2.45, 2.75) is 13.8 Å². The SMILES string of the molecule is Cc1ccc(N2C(=O)S/C(=C/c3ccc(-c4ccc(Br)cc4)o3)C2=O)c(C)c1. The Labute approximate surface area is 175 Å². The minimum atomic E-state index is -0.330. The van der Waals surface area contributed by atoms with Crippen molar-refractivity contribution in [3.05, 3.63) is 80.9 Å². The summed E-state index contributed by atoms with van der Waals surface area (Å²) in [4.78, 5) is 26.9. The fourth-order valence-electron chi connectivity index (χ4n) is 3.06. The molecule has 0 radical (unpaired) electrons. The highest BCUT2D eigenvalue weighted by atomic mass is 79.9. The molecule has 0 aliphatic carbocycles. The molecule has 0 saturated carbocycles. The van der Waals surface area contributed by atoms with Gasteiger partial charge in [0.15, 0.2) is 0 Å². The molecule has 3 aromatic rings. The Balaban J connectivity index is 1.62. The summed E-state index contributed by atoms with van der Waals surface area (Å²) in [6.07, 6.45) is 1.62. The van der Waals surface area contributed by atoms with Crippen LogP contribution < -0.4 is 4.90 Å². The van der Waals surface area contributed by atoms with Gasteiger partial charge in [-0.05, 0) is 61.5 Å². The molecule has 6 heteroatoms. The Kier molecular flexibility index (Phi) is 5.00. The molecule has 2 heterocycles. The van der Waals surface area contributed by atoms with E-state index >= 15 is 0 Å². The lowest BCUT2D eigenvalue weighted by molar-refractivity contribution is -0.113. The molecule has 0 N–H and O–H groups in total. The first-order valence-corrected chi connectivity index (χ1v) is 10.2. The van der Waals surface area contributed by atoms with Crippen molar-refractivity contribution in [3.8, 4) is 11.3 Å². The lowest BCUT2D eigenvalue weighted by atomic mass is 10.1. The number of anilines is 1. The number of rotatable bonds is 3. The number of imide groups is 1. The smallest absolute Gasteiger partial charge is 0.298 e. The third-order valence-corrected chi connectivity index (χ3v) is 5.81. The summed E-state index contributed by atoms with van der Waals surface area (Å²) in [7, 11) is 0. The first-order chi connectivity index (χ1) is 13.4. The normalized spacial score (nSPS) is 15.7. The van der Waals surface area contributed by atoms with Gasteiger partial charge < -0.3 is 4.42 Å². The molecule has 0 spiro atoms. The van der Waals surface area contributed by atoms with Crippen molar-refractivity contribution < 1.29 is 14.0 Å². The third-order valence-electron chi connectivity index (χ3n) is 4.42. The maximum absolute atomic E-state index is 12.8. The number of hydrogen-bond acceptors (Lipinski definition) is 4. The van der Waals surface area contributed by atoms with Crippen LogP contribution in [-0.4, -0.2) is 11.1 Å². The van der Waals surface area contributed by atoms with E-state index < -0.39 is 0 Å². The first kappa shape index (κ1) is 18.8. The van der Waals surface area contributed by atoms with Gasteiger partial charge in [0.1, 0.15) is 11.5 Å². The van der Waals surface area contributed by atoms with Gasteiger partial charge in [-0.2, -0.15) is 0 Å². The van der Waals surface area contributed by atoms with Crippen LogP contribution in [0.3, 0.4) is 0 Å². The number of carbonyl (C=O) groups excluding carboxylic acids is 2. The van der Waals surface area contributed by atoms with Crippen molar-refractivity contribution in [1.82, 2.24) is 0 Å². The molecule has 0 atom stereocenters. The van der Waals surface area contributed by atoms with Crippen molar-refractivity contribution >= 4 is 50.6 Å². The second kappa shape index (κ2) is 7.45. The van der Waals surface area contributed by atoms with Crippen LogP contribution in [0.25, 0.3) is 17.4 Å². The fourth-order valence-corrected chi connectivity index (χ4v) is 4.14. The Hall–Kier alpha value is -2.57. The average Bonchev–Trinajstić information content (AvgIpc) is 3.22. The second-order valence-electron chi connectivity index (χ2n) is 6.52. The molecule has 1 aliphatic heterocycles. The molecule has 28 heavy (non-hydrogen) atoms. The highest BCUT2D eigenvalue weighted by molar-refractivity contribution is 9.10. The van der Waals surface area contributed by atoms with Gasteiger partial charge in [0.25, 0.3) is 11.1 Å². The standard InChI is InChI=1S/C22H16BrNO3S/c1-13-3-9-18(14(2)11-13)24-21(25)20(28-22(24)26)12-17-8-10-19(27-17)15-4-6-16(23)7-5-15/h3-12H,1-2H3/b20-12+. The van der Waals surface area contributed by atoms with Crippen LogP contribution >= 0.6 is 27.7 Å². The minimum Gasteiger partial charge on any atom is -0.457 e. The second-order valence-corrected chi connectivity index (χ2v) is 8.42. The van der Waals surface area contributed by atoms with E-state index in [1.165, 1.54) is 4.90 Å². The molecule has 1 fully saturated rings. The maximum atomic E-state index is 12.8. The molecule has 140 valence electrons. The van der Waals surface area contributed by atoms with Gasteiger partial charge in [-0.15, -0.1) is 0 Å². The number of furan rings is 1. The summed E-state index contributed by atoms with van der Waals surface area (Å²) in [5.41, 5.74) is 3.52. The number of halogens is 1. The van der Waals surface area contributed by atoms with Gasteiger partial charge in [-0.25, -0.2) is 4.90 Å². The van der Waals surface area contributed by atoms with E-state index in [9.17, 15) is 9.59 Å². The van der Waals surface area contributed by atoms with Gasteiger partial charge in [0.05, 0.1) is 10.6 Å². The van der Waals surface area contributed by atoms with E-state index in [-0.39, 0.29) is 11.1 Å². The topological polar surface area (TPSA) is 50.5 Å². The zero-order chi connectivity index (χ0) is 19.8. The van der Waals surface area contributed by atoms with Crippen molar-refractivity contribution in [2.75, 3.05) is 4.90 Å². The van der Waals surface area contributed by atoms with Crippen LogP contribution in [0, 0.1) is 13.8 Å². The van der Waals surface area contributed by atoms with Crippen molar-refractivity contribution in [1.29, 1.82) is 0 Å². The number of hydrogen-bond donors (Lipinski definition) is 0. The molecule has 1 aliphatic rings. The summed E-state index contributed by atoms with van der Waals surface area (Å²) in [5, 5.41) is -0.303. The predicted molar refractivity (Wildman–Crippen MR) is 116 cm³/mol. The number of thioether (sulfide) groups is 1. The third kappa shape index (κ3) is 3.57. The number of amides is 2. The Morgan fingerprint density at radius 2 is 1.75 bits per heavy atom. The maximum Gasteiger partial charge on any atom is 0.298 e. The summed E-state index contributed by atoms with van der Waals surface area (Å²) >= 11 is 4.33. The van der Waals surface area contributed by atoms with Crippen LogP contribution in [0.4, 0.5) is 10.5 Å². The highest BCUT2D eigenvalue weighted by Gasteiger charge is 2.37. The Bertz CT molecular complexity index is 1120. The van der Waals surface area contributed by atoms with E-state index in [1.807, 2.05) is 62.4 Å². The lowest BCUT2D eigenvalue weighted by Crippen LogP contribution is -2.28. The Morgan fingerprint density at radius 1 is 1.00 bits per heavy atom. The van der Waals surface area contributed by atoms with Crippen molar-refractivity contribution in [3.63, 3.8) is 0 Å². The van der Waals surface area contributed by atoms with Gasteiger partial charge in [-0.3, -0.25) is 9.59 Å². The predicted octanol–water partition coefficient (Wildman–Crippen LogP) is 6.57. The van der Waals surface area contributed by atoms with Crippen LogP contribution in [0.1, 0.15) is 16.9 Å². The van der Waals surface area contributed by atoms with Gasteiger partial charge in [0, 0.05) is 16.1 Å². The van der Waals surface area contributed by atoms with Crippen LogP contribution in [0.5, 0.6) is 0 Å². The zero-order valence-electron chi connectivity index (χ0n) is 15.2. The number of carbonyl (C=O) groups is 2. The minimum absolute atomic E-state index is 0.303. The van der Waals surface area contributed by atoms with Crippen LogP contribution in [-0.2, 0) is 4.79 Å². The van der Waals surface area contributed by atoms with E-state index in [4.69, 9.17) is 4.42 Å². The molecule has 1 saturated heterocycles. The molecule has 4 rings (SSSR count). The highest BCUT2D eigenvalue weighted by Crippen LogP contribution is 2.37. The summed E-state index contributed by atoms with van der Waals surface area (Å²) in [6, 6.07) is 17.1. The van der Waals surface area contributed by atoms with Crippen LogP contribution in [0.2, 0.25) is 0 Å². The van der Waals surface area contributed by atoms with E-state index in [0.717, 1.165) is 32.9 Å². The largest absolute Gasteiger partial charge is 0.457 e. The monoisotopic (exact) mass is 453 g/mol. The van der Waals surface area contributed by atoms with Gasteiger partial charge in [0.2, 0.25) is 0 Å². The molecule has 0 bridgehead atoms. The molecule has 1 aromatic heterocycles. The van der Waals surface area contributed by atoms with Gasteiger partial charge in [-0.1, -0.05) is 45.8 Å². The van der Waals surface area contributed by atoms with E-state index in [2.05, 4.69) is 15.9 Å². The summed E-state index contributed by atoms with van der Waals surface area (Å²) in [5.74, 6) is 0.903.